The number of carbonyl (C=O) groups excluding carboxylic acids is 2. The highest BCUT2D eigenvalue weighted by Gasteiger charge is 2.34. The lowest BCUT2D eigenvalue weighted by Crippen LogP contribution is -2.45. The number of hydrogen-bond acceptors (Lipinski definition) is 3. The van der Waals surface area contributed by atoms with Gasteiger partial charge in [-0.1, -0.05) is 24.3 Å². The Morgan fingerprint density at radius 1 is 1.04 bits per heavy atom. The van der Waals surface area contributed by atoms with Gasteiger partial charge < -0.3 is 20.3 Å². The minimum atomic E-state index is -0.467. The summed E-state index contributed by atoms with van der Waals surface area (Å²) in [5.41, 5.74) is 1.37. The molecule has 1 aliphatic rings. The molecule has 1 saturated heterocycles. The summed E-state index contributed by atoms with van der Waals surface area (Å²) >= 11 is 0. The molecular formula is C19H21N3O3. The van der Waals surface area contributed by atoms with Crippen LogP contribution in [0, 0.1) is 0 Å². The second kappa shape index (κ2) is 7.70. The van der Waals surface area contributed by atoms with Crippen molar-refractivity contribution in [2.24, 2.45) is 0 Å². The zero-order chi connectivity index (χ0) is 17.6. The van der Waals surface area contributed by atoms with Gasteiger partial charge in [0.25, 0.3) is 0 Å². The number of methoxy groups -OCH3 is 1. The minimum absolute atomic E-state index is 0.163. The Morgan fingerprint density at radius 3 is 2.56 bits per heavy atom. The number of nitrogens with one attached hydrogen (secondary N) is 2. The van der Waals surface area contributed by atoms with E-state index in [9.17, 15) is 9.59 Å². The molecule has 2 aromatic rings. The van der Waals surface area contributed by atoms with E-state index in [-0.39, 0.29) is 11.9 Å². The first-order valence-electron chi connectivity index (χ1n) is 8.25. The van der Waals surface area contributed by atoms with Crippen molar-refractivity contribution in [2.75, 3.05) is 24.3 Å². The summed E-state index contributed by atoms with van der Waals surface area (Å²) in [6.45, 7) is 0.558. The van der Waals surface area contributed by atoms with E-state index < -0.39 is 6.04 Å². The molecule has 0 bridgehead atoms. The van der Waals surface area contributed by atoms with Crippen LogP contribution in [-0.2, 0) is 4.79 Å². The first-order chi connectivity index (χ1) is 12.2. The third-order valence-electron chi connectivity index (χ3n) is 4.18. The maximum atomic E-state index is 12.6. The lowest BCUT2D eigenvalue weighted by molar-refractivity contribution is -0.119. The van der Waals surface area contributed by atoms with Gasteiger partial charge in [-0.15, -0.1) is 0 Å². The Kier molecular flexibility index (Phi) is 5.18. The van der Waals surface area contributed by atoms with Gasteiger partial charge in [0, 0.05) is 24.0 Å². The van der Waals surface area contributed by atoms with Crippen LogP contribution in [0.3, 0.4) is 0 Å². The topological polar surface area (TPSA) is 70.7 Å². The van der Waals surface area contributed by atoms with Gasteiger partial charge in [0.05, 0.1) is 7.11 Å². The monoisotopic (exact) mass is 339 g/mol. The Hall–Kier alpha value is -3.02. The van der Waals surface area contributed by atoms with Crippen LogP contribution in [0.5, 0.6) is 5.75 Å². The highest BCUT2D eigenvalue weighted by atomic mass is 16.5. The molecule has 2 aromatic carbocycles. The molecule has 6 heteroatoms. The van der Waals surface area contributed by atoms with Crippen LogP contribution >= 0.6 is 0 Å². The van der Waals surface area contributed by atoms with Crippen molar-refractivity contribution in [1.29, 1.82) is 0 Å². The number of nitrogens with zero attached hydrogens (tertiary/aromatic N) is 1. The fourth-order valence-electron chi connectivity index (χ4n) is 2.93. The Morgan fingerprint density at radius 2 is 1.80 bits per heavy atom. The molecule has 3 amide bonds. The Bertz CT molecular complexity index is 749. The first-order valence-corrected chi connectivity index (χ1v) is 8.25. The van der Waals surface area contributed by atoms with Crippen molar-refractivity contribution in [3.05, 3.63) is 54.6 Å². The van der Waals surface area contributed by atoms with Gasteiger partial charge in [-0.2, -0.15) is 0 Å². The second-order valence-corrected chi connectivity index (χ2v) is 5.87. The second-order valence-electron chi connectivity index (χ2n) is 5.87. The standard InChI is InChI=1S/C19H21N3O3/c1-25-16-10-5-9-15(13-16)21-19(24)22-12-6-11-17(22)18(23)20-14-7-3-2-4-8-14/h2-5,7-10,13,17H,6,11-12H2,1H3,(H,20,23)(H,21,24). The average Bonchev–Trinajstić information content (AvgIpc) is 3.13. The Balaban J connectivity index is 1.65. The third kappa shape index (κ3) is 4.09. The van der Waals surface area contributed by atoms with Gasteiger partial charge in [0.15, 0.2) is 0 Å². The number of likely N-dealkylation sites (tertiary alicyclic amines) is 1. The van der Waals surface area contributed by atoms with Crippen molar-refractivity contribution in [3.8, 4) is 5.75 Å². The van der Waals surface area contributed by atoms with Crippen molar-refractivity contribution in [1.82, 2.24) is 4.90 Å². The van der Waals surface area contributed by atoms with E-state index in [0.29, 0.717) is 24.4 Å². The molecule has 0 radical (unpaired) electrons. The fraction of sp³-hybridized carbons (Fsp3) is 0.263. The van der Waals surface area contributed by atoms with Crippen LogP contribution in [0.25, 0.3) is 0 Å². The number of anilines is 2. The van der Waals surface area contributed by atoms with Gasteiger partial charge in [0.1, 0.15) is 11.8 Å². The maximum absolute atomic E-state index is 12.6. The zero-order valence-electron chi connectivity index (χ0n) is 14.1. The van der Waals surface area contributed by atoms with Gasteiger partial charge in [-0.25, -0.2) is 4.79 Å². The minimum Gasteiger partial charge on any atom is -0.497 e. The van der Waals surface area contributed by atoms with E-state index in [0.717, 1.165) is 12.1 Å². The smallest absolute Gasteiger partial charge is 0.322 e. The van der Waals surface area contributed by atoms with E-state index in [1.54, 1.807) is 30.2 Å². The largest absolute Gasteiger partial charge is 0.497 e. The number of carbonyl (C=O) groups is 2. The first kappa shape index (κ1) is 16.8. The molecule has 0 saturated carbocycles. The molecule has 1 fully saturated rings. The maximum Gasteiger partial charge on any atom is 0.322 e. The SMILES string of the molecule is COc1cccc(NC(=O)N2CCCC2C(=O)Nc2ccccc2)c1. The molecule has 6 nitrogen and oxygen atoms in total. The summed E-state index contributed by atoms with van der Waals surface area (Å²) in [5.74, 6) is 0.502. The molecular weight excluding hydrogens is 318 g/mol. The summed E-state index contributed by atoms with van der Waals surface area (Å²) in [6.07, 6.45) is 1.46. The van der Waals surface area contributed by atoms with Crippen LogP contribution in [-0.4, -0.2) is 36.5 Å². The van der Waals surface area contributed by atoms with Crippen LogP contribution in [0.1, 0.15) is 12.8 Å². The average molecular weight is 339 g/mol. The third-order valence-corrected chi connectivity index (χ3v) is 4.18. The number of para-hydroxylation sites is 1. The van der Waals surface area contributed by atoms with E-state index in [1.807, 2.05) is 36.4 Å². The molecule has 1 atom stereocenters. The van der Waals surface area contributed by atoms with Crippen LogP contribution in [0.15, 0.2) is 54.6 Å². The Labute approximate surface area is 146 Å². The van der Waals surface area contributed by atoms with E-state index >= 15 is 0 Å². The highest BCUT2D eigenvalue weighted by molar-refractivity contribution is 5.99. The van der Waals surface area contributed by atoms with Crippen molar-refractivity contribution in [3.63, 3.8) is 0 Å². The molecule has 0 aromatic heterocycles. The molecule has 0 spiro atoms. The molecule has 1 heterocycles. The van der Waals surface area contributed by atoms with E-state index in [4.69, 9.17) is 4.74 Å². The highest BCUT2D eigenvalue weighted by Crippen LogP contribution is 2.22. The van der Waals surface area contributed by atoms with Gasteiger partial charge in [-0.3, -0.25) is 4.79 Å². The lowest BCUT2D eigenvalue weighted by atomic mass is 10.2. The summed E-state index contributed by atoms with van der Waals surface area (Å²) in [4.78, 5) is 26.7. The quantitative estimate of drug-likeness (QED) is 0.897. The van der Waals surface area contributed by atoms with Gasteiger partial charge in [-0.05, 0) is 37.1 Å². The number of urea groups is 1. The molecule has 25 heavy (non-hydrogen) atoms. The van der Waals surface area contributed by atoms with Crippen LogP contribution < -0.4 is 15.4 Å². The van der Waals surface area contributed by atoms with Crippen molar-refractivity contribution in [2.45, 2.75) is 18.9 Å². The van der Waals surface area contributed by atoms with Gasteiger partial charge in [0.2, 0.25) is 5.91 Å². The van der Waals surface area contributed by atoms with Crippen LogP contribution in [0.2, 0.25) is 0 Å². The van der Waals surface area contributed by atoms with Crippen molar-refractivity contribution < 1.29 is 14.3 Å². The van der Waals surface area contributed by atoms with Crippen molar-refractivity contribution >= 4 is 23.3 Å². The number of rotatable bonds is 4. The summed E-state index contributed by atoms with van der Waals surface area (Å²) < 4.78 is 5.16. The lowest BCUT2D eigenvalue weighted by Gasteiger charge is -2.24. The van der Waals surface area contributed by atoms with Gasteiger partial charge >= 0.3 is 6.03 Å². The molecule has 2 N–H and O–H groups in total. The molecule has 130 valence electrons. The summed E-state index contributed by atoms with van der Waals surface area (Å²) in [7, 11) is 1.57. The summed E-state index contributed by atoms with van der Waals surface area (Å²) in [6, 6.07) is 15.7. The number of amides is 3. The van der Waals surface area contributed by atoms with Crippen LogP contribution in [0.4, 0.5) is 16.2 Å². The molecule has 1 unspecified atom stereocenters. The predicted molar refractivity (Wildman–Crippen MR) is 96.8 cm³/mol. The van der Waals surface area contributed by atoms with E-state index in [2.05, 4.69) is 10.6 Å². The fourth-order valence-corrected chi connectivity index (χ4v) is 2.93. The normalized spacial score (nSPS) is 16.4. The molecule has 1 aliphatic heterocycles. The predicted octanol–water partition coefficient (Wildman–Crippen LogP) is 3.33. The molecule has 0 aliphatic carbocycles. The number of ether oxygens (including phenoxy) is 1. The zero-order valence-corrected chi connectivity index (χ0v) is 14.1. The number of hydrogen-bond donors (Lipinski definition) is 2. The van der Waals surface area contributed by atoms with E-state index in [1.165, 1.54) is 0 Å². The number of benzene rings is 2. The molecule has 3 rings (SSSR count). The summed E-state index contributed by atoms with van der Waals surface area (Å²) in [5, 5.41) is 5.70.